The van der Waals surface area contributed by atoms with Gasteiger partial charge in [0.25, 0.3) is 0 Å². The molecule has 2 aromatic carbocycles. The second-order valence-corrected chi connectivity index (χ2v) is 4.37. The Morgan fingerprint density at radius 2 is 1.67 bits per heavy atom. The Kier molecular flexibility index (Phi) is 2.60. The molecule has 0 saturated carbocycles. The molecule has 0 amide bonds. The molecule has 0 bridgehead atoms. The number of rotatable bonds is 2. The quantitative estimate of drug-likeness (QED) is 0.785. The smallest absolute Gasteiger partial charge is 0.224 e. The summed E-state index contributed by atoms with van der Waals surface area (Å²) in [5.41, 5.74) is 0.685. The van der Waals surface area contributed by atoms with Crippen molar-refractivity contribution >= 4 is 27.4 Å². The van der Waals surface area contributed by atoms with E-state index in [2.05, 4.69) is 0 Å². The molecule has 0 radical (unpaired) electrons. The van der Waals surface area contributed by atoms with E-state index in [9.17, 15) is 8.42 Å². The lowest BCUT2D eigenvalue weighted by Gasteiger charge is -2.11. The minimum atomic E-state index is -2.56. The second-order valence-electron chi connectivity index (χ2n) is 3.29. The lowest BCUT2D eigenvalue weighted by atomic mass is 10.1. The molecule has 0 N–H and O–H groups in total. The summed E-state index contributed by atoms with van der Waals surface area (Å²) >= 11 is 0. The molecule has 0 unspecified atom stereocenters. The van der Waals surface area contributed by atoms with E-state index in [0.29, 0.717) is 5.69 Å². The molecular formula is C11H11NO2S. The molecule has 0 heterocycles. The third-order valence-electron chi connectivity index (χ3n) is 2.35. The fourth-order valence-corrected chi connectivity index (χ4v) is 1.79. The summed E-state index contributed by atoms with van der Waals surface area (Å²) in [4.78, 5) is 0. The Balaban J connectivity index is 2.56. The van der Waals surface area contributed by atoms with E-state index in [-0.39, 0.29) is 0 Å². The van der Waals surface area contributed by atoms with Crippen LogP contribution in [0, 0.1) is 0 Å². The molecular weight excluding hydrogens is 210 g/mol. The molecule has 0 atom stereocenters. The lowest BCUT2D eigenvalue weighted by molar-refractivity contribution is 0.613. The Morgan fingerprint density at radius 1 is 1.00 bits per heavy atom. The van der Waals surface area contributed by atoms with Crippen molar-refractivity contribution in [3.05, 3.63) is 42.5 Å². The predicted molar refractivity (Wildman–Crippen MR) is 62.7 cm³/mol. The zero-order valence-electron chi connectivity index (χ0n) is 8.25. The third kappa shape index (κ3) is 1.94. The number of benzene rings is 2. The molecule has 0 aliphatic carbocycles. The maximum Gasteiger partial charge on any atom is 0.224 e. The van der Waals surface area contributed by atoms with Crippen LogP contribution in [0.3, 0.4) is 0 Å². The summed E-state index contributed by atoms with van der Waals surface area (Å²) in [6, 6.07) is 13.4. The Morgan fingerprint density at radius 3 is 2.33 bits per heavy atom. The molecule has 0 saturated heterocycles. The van der Waals surface area contributed by atoms with Gasteiger partial charge in [-0.3, -0.25) is 4.31 Å². The highest BCUT2D eigenvalue weighted by Crippen LogP contribution is 2.21. The monoisotopic (exact) mass is 221 g/mol. The lowest BCUT2D eigenvalue weighted by Crippen LogP contribution is -2.13. The van der Waals surface area contributed by atoms with Crippen molar-refractivity contribution in [1.29, 1.82) is 0 Å². The maximum absolute atomic E-state index is 10.8. The Bertz CT molecular complexity index is 555. The summed E-state index contributed by atoms with van der Waals surface area (Å²) < 4.78 is 22.8. The van der Waals surface area contributed by atoms with Crippen LogP contribution in [0.25, 0.3) is 10.8 Å². The van der Waals surface area contributed by atoms with Crippen LogP contribution in [-0.2, 0) is 10.9 Å². The molecule has 78 valence electrons. The van der Waals surface area contributed by atoms with Crippen molar-refractivity contribution in [3.63, 3.8) is 0 Å². The van der Waals surface area contributed by atoms with Crippen molar-refractivity contribution in [2.24, 2.45) is 0 Å². The third-order valence-corrected chi connectivity index (χ3v) is 3.07. The van der Waals surface area contributed by atoms with Gasteiger partial charge >= 0.3 is 0 Å². The highest BCUT2D eigenvalue weighted by Gasteiger charge is 2.02. The van der Waals surface area contributed by atoms with Gasteiger partial charge in [0.1, 0.15) is 0 Å². The van der Waals surface area contributed by atoms with E-state index in [4.69, 9.17) is 0 Å². The van der Waals surface area contributed by atoms with Crippen molar-refractivity contribution < 1.29 is 8.42 Å². The van der Waals surface area contributed by atoms with Crippen LogP contribution in [-0.4, -0.2) is 15.5 Å². The molecule has 0 spiro atoms. The summed E-state index contributed by atoms with van der Waals surface area (Å²) in [5, 5.41) is 2.15. The number of hydrogen-bond acceptors (Lipinski definition) is 2. The zero-order chi connectivity index (χ0) is 10.8. The SMILES string of the molecule is CN(c1ccc2ccccc2c1)[SH](=O)=O. The van der Waals surface area contributed by atoms with Crippen molar-refractivity contribution in [1.82, 2.24) is 0 Å². The molecule has 0 aliphatic heterocycles. The minimum absolute atomic E-state index is 0.685. The standard InChI is InChI=1S/C11H11NO2S/c1-12(15(13)14)11-7-6-9-4-2-3-5-10(9)8-11/h2-8,15H,1H3. The first-order valence-electron chi connectivity index (χ1n) is 4.55. The molecule has 4 heteroatoms. The van der Waals surface area contributed by atoms with Gasteiger partial charge in [-0.1, -0.05) is 30.3 Å². The van der Waals surface area contributed by atoms with E-state index in [1.165, 1.54) is 11.4 Å². The topological polar surface area (TPSA) is 37.4 Å². The van der Waals surface area contributed by atoms with Gasteiger partial charge in [0.05, 0.1) is 5.69 Å². The average molecular weight is 221 g/mol. The first-order valence-corrected chi connectivity index (χ1v) is 5.68. The van der Waals surface area contributed by atoms with Crippen LogP contribution in [0.4, 0.5) is 5.69 Å². The van der Waals surface area contributed by atoms with Gasteiger partial charge in [0.2, 0.25) is 10.9 Å². The van der Waals surface area contributed by atoms with Crippen LogP contribution in [0.2, 0.25) is 0 Å². The highest BCUT2D eigenvalue weighted by molar-refractivity contribution is 7.74. The summed E-state index contributed by atoms with van der Waals surface area (Å²) in [5.74, 6) is 0. The fraction of sp³-hybridized carbons (Fsp3) is 0.0909. The molecule has 2 aromatic rings. The number of hydrogen-bond donors (Lipinski definition) is 1. The van der Waals surface area contributed by atoms with Crippen molar-refractivity contribution in [3.8, 4) is 0 Å². The first-order chi connectivity index (χ1) is 7.18. The normalized spacial score (nSPS) is 10.8. The Hall–Kier alpha value is -1.55. The van der Waals surface area contributed by atoms with Gasteiger partial charge in [-0.25, -0.2) is 8.42 Å². The van der Waals surface area contributed by atoms with Crippen molar-refractivity contribution in [2.45, 2.75) is 0 Å². The van der Waals surface area contributed by atoms with E-state index >= 15 is 0 Å². The van der Waals surface area contributed by atoms with Crippen LogP contribution in [0.5, 0.6) is 0 Å². The molecule has 0 aromatic heterocycles. The van der Waals surface area contributed by atoms with Gasteiger partial charge in [-0.05, 0) is 22.9 Å². The van der Waals surface area contributed by atoms with E-state index in [0.717, 1.165) is 10.8 Å². The largest absolute Gasteiger partial charge is 0.275 e. The minimum Gasteiger partial charge on any atom is -0.275 e. The van der Waals surface area contributed by atoms with E-state index in [1.807, 2.05) is 36.4 Å². The van der Waals surface area contributed by atoms with E-state index < -0.39 is 10.9 Å². The molecule has 0 aliphatic rings. The van der Waals surface area contributed by atoms with Gasteiger partial charge in [0, 0.05) is 7.05 Å². The number of anilines is 1. The van der Waals surface area contributed by atoms with Crippen LogP contribution in [0.1, 0.15) is 0 Å². The number of thiol groups is 1. The van der Waals surface area contributed by atoms with Gasteiger partial charge in [-0.2, -0.15) is 0 Å². The summed E-state index contributed by atoms with van der Waals surface area (Å²) in [6.45, 7) is 0. The van der Waals surface area contributed by atoms with E-state index in [1.54, 1.807) is 6.07 Å². The second kappa shape index (κ2) is 3.90. The maximum atomic E-state index is 10.8. The van der Waals surface area contributed by atoms with Gasteiger partial charge in [0.15, 0.2) is 0 Å². The zero-order valence-corrected chi connectivity index (χ0v) is 9.15. The summed E-state index contributed by atoms with van der Waals surface area (Å²) in [6.07, 6.45) is 0. The van der Waals surface area contributed by atoms with Crippen molar-refractivity contribution in [2.75, 3.05) is 11.4 Å². The Labute approximate surface area is 90.0 Å². The van der Waals surface area contributed by atoms with Crippen LogP contribution >= 0.6 is 0 Å². The molecule has 15 heavy (non-hydrogen) atoms. The number of nitrogens with zero attached hydrogens (tertiary/aromatic N) is 1. The summed E-state index contributed by atoms with van der Waals surface area (Å²) in [7, 11) is -1.02. The first kappa shape index (κ1) is 9.98. The molecule has 3 nitrogen and oxygen atoms in total. The average Bonchev–Trinajstić information content (AvgIpc) is 2.27. The number of fused-ring (bicyclic) bond motifs is 1. The predicted octanol–water partition coefficient (Wildman–Crippen LogP) is 1.80. The molecule has 0 fully saturated rings. The highest BCUT2D eigenvalue weighted by atomic mass is 32.2. The van der Waals surface area contributed by atoms with Crippen LogP contribution in [0.15, 0.2) is 42.5 Å². The van der Waals surface area contributed by atoms with Crippen LogP contribution < -0.4 is 4.31 Å². The fourth-order valence-electron chi connectivity index (χ4n) is 1.47. The molecule has 2 rings (SSSR count). The van der Waals surface area contributed by atoms with Gasteiger partial charge < -0.3 is 0 Å². The van der Waals surface area contributed by atoms with Gasteiger partial charge in [-0.15, -0.1) is 0 Å².